The van der Waals surface area contributed by atoms with Crippen molar-refractivity contribution in [2.75, 3.05) is 19.8 Å². The van der Waals surface area contributed by atoms with E-state index in [1.54, 1.807) is 12.1 Å². The first-order valence-electron chi connectivity index (χ1n) is 5.90. The first kappa shape index (κ1) is 14.5. The van der Waals surface area contributed by atoms with Crippen LogP contribution in [0.4, 0.5) is 0 Å². The van der Waals surface area contributed by atoms with Crippen molar-refractivity contribution in [1.29, 1.82) is 10.5 Å². The predicted octanol–water partition coefficient (Wildman–Crippen LogP) is 2.63. The zero-order valence-electron chi connectivity index (χ0n) is 10.5. The fourth-order valence-corrected chi connectivity index (χ4v) is 2.05. The summed E-state index contributed by atoms with van der Waals surface area (Å²) < 4.78 is 17.0. The van der Waals surface area contributed by atoms with Crippen LogP contribution in [0, 0.1) is 22.7 Å². The van der Waals surface area contributed by atoms with Crippen LogP contribution in [0.25, 0.3) is 6.08 Å². The Morgan fingerprint density at radius 1 is 1.35 bits per heavy atom. The molecule has 1 aromatic carbocycles. The first-order chi connectivity index (χ1) is 9.72. The van der Waals surface area contributed by atoms with E-state index in [-0.39, 0.29) is 18.5 Å². The minimum Gasteiger partial charge on any atom is -0.488 e. The molecule has 0 N–H and O–H groups in total. The highest BCUT2D eigenvalue weighted by Crippen LogP contribution is 2.26. The van der Waals surface area contributed by atoms with Crippen molar-refractivity contribution in [2.24, 2.45) is 0 Å². The van der Waals surface area contributed by atoms with Gasteiger partial charge in [-0.05, 0) is 24.3 Å². The molecular weight excluding hydrogens is 324 g/mol. The number of rotatable bonds is 4. The molecule has 1 saturated heterocycles. The lowest BCUT2D eigenvalue weighted by molar-refractivity contribution is -0.0684. The van der Waals surface area contributed by atoms with Crippen molar-refractivity contribution in [3.8, 4) is 17.9 Å². The quantitative estimate of drug-likeness (QED) is 0.791. The average molecular weight is 335 g/mol. The predicted molar refractivity (Wildman–Crippen MR) is 74.5 cm³/mol. The van der Waals surface area contributed by atoms with Crippen molar-refractivity contribution in [3.63, 3.8) is 0 Å². The standard InChI is InChI=1S/C14H11BrN2O3/c15-12-1-2-13(20-9-14-18-3-4-19-14)11(6-12)5-10(7-16)8-17/h1-2,5-6,14H,3-4,9H2. The molecule has 0 saturated carbocycles. The van der Waals surface area contributed by atoms with Crippen molar-refractivity contribution in [2.45, 2.75) is 6.29 Å². The molecule has 0 spiro atoms. The molecule has 1 heterocycles. The van der Waals surface area contributed by atoms with Gasteiger partial charge in [-0.2, -0.15) is 10.5 Å². The Morgan fingerprint density at radius 3 is 2.70 bits per heavy atom. The summed E-state index contributed by atoms with van der Waals surface area (Å²) in [6.45, 7) is 1.39. The second-order valence-electron chi connectivity index (χ2n) is 3.95. The van der Waals surface area contributed by atoms with E-state index in [1.165, 1.54) is 6.08 Å². The Labute approximate surface area is 125 Å². The van der Waals surface area contributed by atoms with Crippen LogP contribution < -0.4 is 4.74 Å². The Balaban J connectivity index is 2.17. The normalized spacial score (nSPS) is 14.3. The van der Waals surface area contributed by atoms with Crippen molar-refractivity contribution < 1.29 is 14.2 Å². The fourth-order valence-electron chi connectivity index (χ4n) is 1.67. The lowest BCUT2D eigenvalue weighted by atomic mass is 10.1. The molecule has 0 radical (unpaired) electrons. The summed E-state index contributed by atoms with van der Waals surface area (Å²) in [5.74, 6) is 0.565. The third-order valence-corrected chi connectivity index (χ3v) is 3.07. The van der Waals surface area contributed by atoms with Crippen molar-refractivity contribution in [1.82, 2.24) is 0 Å². The molecule has 0 aromatic heterocycles. The van der Waals surface area contributed by atoms with Crippen LogP contribution in [-0.4, -0.2) is 26.1 Å². The Bertz CT molecular complexity index is 579. The highest BCUT2D eigenvalue weighted by atomic mass is 79.9. The Morgan fingerprint density at radius 2 is 2.05 bits per heavy atom. The molecule has 1 aromatic rings. The molecule has 2 rings (SSSR count). The molecule has 0 bridgehead atoms. The molecule has 1 fully saturated rings. The van der Waals surface area contributed by atoms with Crippen LogP contribution in [0.3, 0.4) is 0 Å². The van der Waals surface area contributed by atoms with Gasteiger partial charge in [-0.15, -0.1) is 0 Å². The van der Waals surface area contributed by atoms with Crippen LogP contribution >= 0.6 is 15.9 Å². The summed E-state index contributed by atoms with van der Waals surface area (Å²) in [5.41, 5.74) is 0.664. The lowest BCUT2D eigenvalue weighted by Crippen LogP contribution is -2.18. The van der Waals surface area contributed by atoms with E-state index >= 15 is 0 Å². The van der Waals surface area contributed by atoms with Gasteiger partial charge < -0.3 is 14.2 Å². The second kappa shape index (κ2) is 7.06. The largest absolute Gasteiger partial charge is 0.488 e. The van der Waals surface area contributed by atoms with Crippen molar-refractivity contribution >= 4 is 22.0 Å². The highest BCUT2D eigenvalue weighted by Gasteiger charge is 2.17. The van der Waals surface area contributed by atoms with E-state index in [4.69, 9.17) is 24.7 Å². The molecule has 0 unspecified atom stereocenters. The van der Waals surface area contributed by atoms with E-state index in [2.05, 4.69) is 15.9 Å². The molecule has 1 aliphatic heterocycles. The third kappa shape index (κ3) is 3.82. The number of ether oxygens (including phenoxy) is 3. The summed E-state index contributed by atoms with van der Waals surface area (Å²) >= 11 is 3.35. The first-order valence-corrected chi connectivity index (χ1v) is 6.69. The summed E-state index contributed by atoms with van der Waals surface area (Å²) in [6, 6.07) is 9.01. The molecule has 0 atom stereocenters. The molecule has 1 aliphatic rings. The van der Waals surface area contributed by atoms with Crippen LogP contribution in [0.2, 0.25) is 0 Å². The number of hydrogen-bond acceptors (Lipinski definition) is 5. The minimum absolute atomic E-state index is 0.0151. The number of nitrogens with zero attached hydrogens (tertiary/aromatic N) is 2. The van der Waals surface area contributed by atoms with Gasteiger partial charge in [0.05, 0.1) is 13.2 Å². The Kier molecular flexibility index (Phi) is 5.14. The SMILES string of the molecule is N#CC(C#N)=Cc1cc(Br)ccc1OCC1OCCO1. The maximum atomic E-state index is 8.82. The smallest absolute Gasteiger partial charge is 0.191 e. The zero-order valence-corrected chi connectivity index (χ0v) is 12.1. The van der Waals surface area contributed by atoms with Gasteiger partial charge in [0.1, 0.15) is 30.1 Å². The van der Waals surface area contributed by atoms with Crippen LogP contribution in [0.1, 0.15) is 5.56 Å². The number of benzene rings is 1. The maximum absolute atomic E-state index is 8.82. The summed E-state index contributed by atoms with van der Waals surface area (Å²) in [4.78, 5) is 0. The van der Waals surface area contributed by atoms with E-state index in [0.29, 0.717) is 24.5 Å². The second-order valence-corrected chi connectivity index (χ2v) is 4.86. The van der Waals surface area contributed by atoms with Crippen LogP contribution in [0.15, 0.2) is 28.2 Å². The van der Waals surface area contributed by atoms with Gasteiger partial charge in [-0.1, -0.05) is 15.9 Å². The van der Waals surface area contributed by atoms with Crippen LogP contribution in [0.5, 0.6) is 5.75 Å². The summed E-state index contributed by atoms with van der Waals surface area (Å²) in [5, 5.41) is 17.6. The number of hydrogen-bond donors (Lipinski definition) is 0. The van der Waals surface area contributed by atoms with Gasteiger partial charge in [0, 0.05) is 10.0 Å². The third-order valence-electron chi connectivity index (χ3n) is 2.58. The van der Waals surface area contributed by atoms with Gasteiger partial charge in [0.15, 0.2) is 6.29 Å². The fraction of sp³-hybridized carbons (Fsp3) is 0.286. The minimum atomic E-state index is -0.373. The van der Waals surface area contributed by atoms with E-state index in [9.17, 15) is 0 Å². The van der Waals surface area contributed by atoms with Gasteiger partial charge in [-0.3, -0.25) is 0 Å². The topological polar surface area (TPSA) is 75.3 Å². The highest BCUT2D eigenvalue weighted by molar-refractivity contribution is 9.10. The number of halogens is 1. The van der Waals surface area contributed by atoms with Gasteiger partial charge in [0.2, 0.25) is 0 Å². The molecule has 20 heavy (non-hydrogen) atoms. The van der Waals surface area contributed by atoms with Gasteiger partial charge in [-0.25, -0.2) is 0 Å². The molecule has 102 valence electrons. The zero-order chi connectivity index (χ0) is 14.4. The summed E-state index contributed by atoms with van der Waals surface area (Å²) in [6.07, 6.45) is 1.11. The Hall–Kier alpha value is -1.86. The number of allylic oxidation sites excluding steroid dienone is 1. The molecule has 0 amide bonds. The number of nitriles is 2. The lowest BCUT2D eigenvalue weighted by Gasteiger charge is -2.13. The molecular formula is C14H11BrN2O3. The summed E-state index contributed by atoms with van der Waals surface area (Å²) in [7, 11) is 0. The molecule has 0 aliphatic carbocycles. The average Bonchev–Trinajstić information content (AvgIpc) is 2.97. The van der Waals surface area contributed by atoms with E-state index in [1.807, 2.05) is 18.2 Å². The van der Waals surface area contributed by atoms with Gasteiger partial charge in [0.25, 0.3) is 0 Å². The van der Waals surface area contributed by atoms with E-state index in [0.717, 1.165) is 4.47 Å². The molecule has 5 nitrogen and oxygen atoms in total. The van der Waals surface area contributed by atoms with Gasteiger partial charge >= 0.3 is 0 Å². The maximum Gasteiger partial charge on any atom is 0.191 e. The van der Waals surface area contributed by atoms with Crippen LogP contribution in [-0.2, 0) is 9.47 Å². The van der Waals surface area contributed by atoms with Crippen molar-refractivity contribution in [3.05, 3.63) is 33.8 Å². The van der Waals surface area contributed by atoms with E-state index < -0.39 is 0 Å². The monoisotopic (exact) mass is 334 g/mol. The molecule has 6 heteroatoms.